The van der Waals surface area contributed by atoms with E-state index in [1.54, 1.807) is 0 Å². The van der Waals surface area contributed by atoms with Gasteiger partial charge >= 0.3 is 0 Å². The first-order valence-electron chi connectivity index (χ1n) is 13.1. The number of unbranched alkanes of at least 4 members (excludes halogenated alkanes) is 1. The molecule has 0 fully saturated rings. The molecule has 0 aliphatic carbocycles. The maximum Gasteiger partial charge on any atom is 0.0642 e. The summed E-state index contributed by atoms with van der Waals surface area (Å²) in [4.78, 5) is 10.1. The second-order valence-corrected chi connectivity index (χ2v) is 9.34. The fourth-order valence-corrected chi connectivity index (χ4v) is 4.58. The Hall–Kier alpha value is -3.78. The van der Waals surface area contributed by atoms with Crippen molar-refractivity contribution < 1.29 is 0 Å². The van der Waals surface area contributed by atoms with Crippen LogP contribution in [0.25, 0.3) is 22.3 Å². The fraction of sp³-hybridized carbons (Fsp3) is 0.235. The van der Waals surface area contributed by atoms with Gasteiger partial charge in [0.15, 0.2) is 0 Å². The molecule has 4 aromatic carbocycles. The van der Waals surface area contributed by atoms with E-state index in [1.165, 1.54) is 46.2 Å². The van der Waals surface area contributed by atoms with E-state index in [2.05, 4.69) is 119 Å². The van der Waals surface area contributed by atoms with Crippen molar-refractivity contribution >= 4 is 22.8 Å². The average molecular weight is 473 g/mol. The average Bonchev–Trinajstić information content (AvgIpc) is 2.91. The van der Waals surface area contributed by atoms with Crippen LogP contribution in [0, 0.1) is 6.92 Å². The van der Waals surface area contributed by atoms with E-state index >= 15 is 0 Å². The second kappa shape index (κ2) is 12.3. The molecule has 2 heteroatoms. The van der Waals surface area contributed by atoms with Gasteiger partial charge in [-0.15, -0.1) is 0 Å². The van der Waals surface area contributed by atoms with Gasteiger partial charge < -0.3 is 0 Å². The number of benzene rings is 4. The zero-order valence-corrected chi connectivity index (χ0v) is 22.0. The number of hydrogen-bond acceptors (Lipinski definition) is 2. The van der Waals surface area contributed by atoms with Gasteiger partial charge in [0.1, 0.15) is 0 Å². The smallest absolute Gasteiger partial charge is 0.0642 e. The molecular weight excluding hydrogens is 436 g/mol. The molecule has 0 radical (unpaired) electrons. The van der Waals surface area contributed by atoms with Crippen molar-refractivity contribution in [2.75, 3.05) is 0 Å². The molecule has 0 N–H and O–H groups in total. The molecular formula is C34H36N2. The number of rotatable bonds is 9. The van der Waals surface area contributed by atoms with Gasteiger partial charge in [0, 0.05) is 0 Å². The maximum atomic E-state index is 5.07. The summed E-state index contributed by atoms with van der Waals surface area (Å²) >= 11 is 0. The van der Waals surface area contributed by atoms with Crippen molar-refractivity contribution in [3.8, 4) is 22.3 Å². The first-order chi connectivity index (χ1) is 17.6. The molecule has 0 unspecified atom stereocenters. The van der Waals surface area contributed by atoms with E-state index in [9.17, 15) is 0 Å². The summed E-state index contributed by atoms with van der Waals surface area (Å²) in [6.07, 6.45) is 4.24. The van der Waals surface area contributed by atoms with Gasteiger partial charge in [-0.05, 0) is 90.8 Å². The minimum Gasteiger partial charge on any atom is -0.252 e. The van der Waals surface area contributed by atoms with Crippen LogP contribution in [0.1, 0.15) is 51.2 Å². The van der Waals surface area contributed by atoms with Crippen LogP contribution in [0.5, 0.6) is 0 Å². The molecule has 0 heterocycles. The van der Waals surface area contributed by atoms with Gasteiger partial charge in [-0.1, -0.05) is 93.1 Å². The van der Waals surface area contributed by atoms with Crippen LogP contribution in [-0.4, -0.2) is 11.4 Å². The molecule has 0 amide bonds. The van der Waals surface area contributed by atoms with E-state index < -0.39 is 0 Å². The largest absolute Gasteiger partial charge is 0.252 e. The minimum atomic E-state index is 0.831. The first-order valence-corrected chi connectivity index (χ1v) is 13.1. The Morgan fingerprint density at radius 1 is 0.667 bits per heavy atom. The predicted molar refractivity (Wildman–Crippen MR) is 157 cm³/mol. The van der Waals surface area contributed by atoms with Gasteiger partial charge in [0.05, 0.1) is 22.8 Å². The molecule has 0 aliphatic rings. The normalized spacial score (nSPS) is 12.1. The lowest BCUT2D eigenvalue weighted by Gasteiger charge is -2.12. The lowest BCUT2D eigenvalue weighted by atomic mass is 9.95. The summed E-state index contributed by atoms with van der Waals surface area (Å²) in [7, 11) is 0. The minimum absolute atomic E-state index is 0.831. The van der Waals surface area contributed by atoms with Gasteiger partial charge in [0.25, 0.3) is 0 Å². The van der Waals surface area contributed by atoms with E-state index in [-0.39, 0.29) is 0 Å². The van der Waals surface area contributed by atoms with Gasteiger partial charge in [0.2, 0.25) is 0 Å². The number of aryl methyl sites for hydroxylation is 2. The summed E-state index contributed by atoms with van der Waals surface area (Å²) in [5, 5.41) is 0. The molecule has 2 nitrogen and oxygen atoms in total. The first kappa shape index (κ1) is 25.3. The van der Waals surface area contributed by atoms with Crippen LogP contribution in [0.3, 0.4) is 0 Å². The molecule has 0 aromatic heterocycles. The molecule has 0 spiro atoms. The van der Waals surface area contributed by atoms with Crippen LogP contribution in [0.2, 0.25) is 0 Å². The molecule has 0 bridgehead atoms. The van der Waals surface area contributed by atoms with Gasteiger partial charge in [-0.3, -0.25) is 9.98 Å². The topological polar surface area (TPSA) is 24.7 Å². The standard InChI is InChI=1S/C34H36N2/c1-5-7-14-29-23-31(19-20-33(29)28-17-12-9-13-18-28)36-34(6-2)26(4)35-32-22-25(3)21-30(24-32)27-15-10-8-11-16-27/h8-13,15-24H,5-7,14H2,1-4H3. The predicted octanol–water partition coefficient (Wildman–Crippen LogP) is 9.95. The summed E-state index contributed by atoms with van der Waals surface area (Å²) < 4.78 is 0. The van der Waals surface area contributed by atoms with E-state index in [4.69, 9.17) is 9.98 Å². The number of hydrogen-bond donors (Lipinski definition) is 0. The zero-order valence-electron chi connectivity index (χ0n) is 22.0. The number of aliphatic imine (C=N–C) groups is 2. The van der Waals surface area contributed by atoms with E-state index in [0.717, 1.165) is 35.6 Å². The molecule has 4 aromatic rings. The van der Waals surface area contributed by atoms with Crippen molar-refractivity contribution in [2.24, 2.45) is 9.98 Å². The van der Waals surface area contributed by atoms with Gasteiger partial charge in [-0.25, -0.2) is 0 Å². The van der Waals surface area contributed by atoms with Crippen LogP contribution in [0.4, 0.5) is 11.4 Å². The fourth-order valence-electron chi connectivity index (χ4n) is 4.58. The SMILES string of the molecule is CCCCc1cc(N=C(CC)C(C)=Nc2cc(C)cc(-c3ccccc3)c2)ccc1-c1ccccc1. The van der Waals surface area contributed by atoms with Crippen LogP contribution >= 0.6 is 0 Å². The Morgan fingerprint density at radius 2 is 1.36 bits per heavy atom. The highest BCUT2D eigenvalue weighted by Crippen LogP contribution is 2.30. The molecule has 36 heavy (non-hydrogen) atoms. The summed E-state index contributed by atoms with van der Waals surface area (Å²) in [5.41, 5.74) is 11.5. The van der Waals surface area contributed by atoms with Crippen LogP contribution in [0.15, 0.2) is 107 Å². The molecule has 0 atom stereocenters. The van der Waals surface area contributed by atoms with Crippen molar-refractivity contribution in [3.63, 3.8) is 0 Å². The second-order valence-electron chi connectivity index (χ2n) is 9.34. The molecule has 4 rings (SSSR count). The highest BCUT2D eigenvalue weighted by atomic mass is 14.8. The zero-order chi connectivity index (χ0) is 25.3. The third-order valence-electron chi connectivity index (χ3n) is 6.46. The highest BCUT2D eigenvalue weighted by molar-refractivity contribution is 6.42. The maximum absolute atomic E-state index is 5.07. The molecule has 182 valence electrons. The quantitative estimate of drug-likeness (QED) is 0.217. The lowest BCUT2D eigenvalue weighted by Crippen LogP contribution is -2.08. The van der Waals surface area contributed by atoms with Crippen LogP contribution in [-0.2, 0) is 6.42 Å². The van der Waals surface area contributed by atoms with E-state index in [1.807, 2.05) is 6.07 Å². The summed E-state index contributed by atoms with van der Waals surface area (Å²) in [6, 6.07) is 34.3. The molecule has 0 saturated heterocycles. The third kappa shape index (κ3) is 6.46. The van der Waals surface area contributed by atoms with Crippen molar-refractivity contribution in [3.05, 3.63) is 108 Å². The summed E-state index contributed by atoms with van der Waals surface area (Å²) in [5.74, 6) is 0. The Balaban J connectivity index is 1.67. The Morgan fingerprint density at radius 3 is 2.03 bits per heavy atom. The monoisotopic (exact) mass is 472 g/mol. The number of nitrogens with zero attached hydrogens (tertiary/aromatic N) is 2. The Labute approximate surface area is 216 Å². The molecule has 0 aliphatic heterocycles. The van der Waals surface area contributed by atoms with Crippen LogP contribution < -0.4 is 0 Å². The van der Waals surface area contributed by atoms with Gasteiger partial charge in [-0.2, -0.15) is 0 Å². The lowest BCUT2D eigenvalue weighted by molar-refractivity contribution is 0.796. The van der Waals surface area contributed by atoms with Crippen molar-refractivity contribution in [2.45, 2.75) is 53.4 Å². The van der Waals surface area contributed by atoms with E-state index in [0.29, 0.717) is 0 Å². The van der Waals surface area contributed by atoms with Crippen molar-refractivity contribution in [1.82, 2.24) is 0 Å². The highest BCUT2D eigenvalue weighted by Gasteiger charge is 2.09. The Kier molecular flexibility index (Phi) is 8.62. The molecule has 0 saturated carbocycles. The third-order valence-corrected chi connectivity index (χ3v) is 6.46. The summed E-state index contributed by atoms with van der Waals surface area (Å²) in [6.45, 7) is 8.60. The Bertz CT molecular complexity index is 1350. The van der Waals surface area contributed by atoms with Crippen molar-refractivity contribution in [1.29, 1.82) is 0 Å².